The molecule has 0 saturated heterocycles. The van der Waals surface area contributed by atoms with Gasteiger partial charge in [-0.15, -0.1) is 0 Å². The molecule has 0 aliphatic heterocycles. The van der Waals surface area contributed by atoms with Crippen molar-refractivity contribution in [2.75, 3.05) is 0 Å². The Balaban J connectivity index is 2.65. The van der Waals surface area contributed by atoms with Gasteiger partial charge >= 0.3 is 0 Å². The Morgan fingerprint density at radius 1 is 1.42 bits per heavy atom. The highest BCUT2D eigenvalue weighted by Gasteiger charge is 2.37. The molecule has 0 nitrogen and oxygen atoms in total. The molecule has 0 aromatic rings. The lowest BCUT2D eigenvalue weighted by molar-refractivity contribution is 0.253. The maximum atomic E-state index is 6.07. The Bertz CT molecular complexity index is 142. The van der Waals surface area contributed by atoms with E-state index in [-0.39, 0.29) is 0 Å². The first-order valence-corrected chi connectivity index (χ1v) is 5.33. The van der Waals surface area contributed by atoms with Gasteiger partial charge in [0.25, 0.3) is 0 Å². The zero-order chi connectivity index (χ0) is 9.30. The summed E-state index contributed by atoms with van der Waals surface area (Å²) in [6, 6.07) is 0. The predicted molar refractivity (Wildman–Crippen MR) is 55.4 cm³/mol. The number of rotatable bonds is 2. The van der Waals surface area contributed by atoms with Crippen molar-refractivity contribution in [1.82, 2.24) is 0 Å². The second kappa shape index (κ2) is 3.85. The van der Waals surface area contributed by atoms with Gasteiger partial charge in [-0.05, 0) is 23.7 Å². The van der Waals surface area contributed by atoms with Gasteiger partial charge in [-0.3, -0.25) is 0 Å². The van der Waals surface area contributed by atoms with Crippen molar-refractivity contribution < 1.29 is 0 Å². The van der Waals surface area contributed by atoms with Crippen molar-refractivity contribution >= 4 is 7.85 Å². The molecule has 68 valence electrons. The van der Waals surface area contributed by atoms with Gasteiger partial charge in [-0.2, -0.15) is 0 Å². The lowest BCUT2D eigenvalue weighted by Crippen LogP contribution is -2.17. The summed E-state index contributed by atoms with van der Waals surface area (Å²) in [5.41, 5.74) is 0. The van der Waals surface area contributed by atoms with E-state index < -0.39 is 0 Å². The summed E-state index contributed by atoms with van der Waals surface area (Å²) in [6.45, 7) is 9.28. The molecular weight excluding hydrogens is 143 g/mol. The van der Waals surface area contributed by atoms with E-state index in [1.54, 1.807) is 0 Å². The Kier molecular flexibility index (Phi) is 3.26. The lowest BCUT2D eigenvalue weighted by atomic mass is 9.77. The molecule has 0 N–H and O–H groups in total. The van der Waals surface area contributed by atoms with Crippen molar-refractivity contribution in [1.29, 1.82) is 0 Å². The first-order valence-electron chi connectivity index (χ1n) is 5.33. The van der Waals surface area contributed by atoms with E-state index in [9.17, 15) is 0 Å². The molecule has 1 rings (SSSR count). The van der Waals surface area contributed by atoms with Crippen LogP contribution in [0.25, 0.3) is 0 Å². The Morgan fingerprint density at radius 3 is 2.33 bits per heavy atom. The largest absolute Gasteiger partial charge is 0.0743 e. The van der Waals surface area contributed by atoms with Gasteiger partial charge in [0.05, 0.1) is 7.85 Å². The van der Waals surface area contributed by atoms with E-state index in [2.05, 4.69) is 27.7 Å². The van der Waals surface area contributed by atoms with Crippen LogP contribution < -0.4 is 0 Å². The fourth-order valence-corrected chi connectivity index (χ4v) is 2.85. The molecule has 0 aromatic carbocycles. The summed E-state index contributed by atoms with van der Waals surface area (Å²) < 4.78 is 0. The molecule has 0 bridgehead atoms. The van der Waals surface area contributed by atoms with Crippen LogP contribution in [0.2, 0.25) is 5.82 Å². The van der Waals surface area contributed by atoms with Crippen molar-refractivity contribution in [2.45, 2.75) is 46.4 Å². The molecule has 4 unspecified atom stereocenters. The second-order valence-corrected chi connectivity index (χ2v) is 4.74. The summed E-state index contributed by atoms with van der Waals surface area (Å²) in [6.07, 6.45) is 2.55. The first kappa shape index (κ1) is 10.1. The van der Waals surface area contributed by atoms with E-state index in [1.807, 2.05) is 0 Å². The summed E-state index contributed by atoms with van der Waals surface area (Å²) in [7, 11) is 6.07. The number of hydrogen-bond acceptors (Lipinski definition) is 0. The Morgan fingerprint density at radius 2 is 2.00 bits per heavy atom. The molecular formula is C11H21B. The molecule has 2 radical (unpaired) electrons. The minimum absolute atomic E-state index is 0.461. The molecule has 0 aromatic heterocycles. The van der Waals surface area contributed by atoms with E-state index >= 15 is 0 Å². The normalized spacial score (nSPS) is 42.4. The average molecular weight is 164 g/mol. The fourth-order valence-electron chi connectivity index (χ4n) is 2.85. The smallest absolute Gasteiger partial charge is 0.0703 e. The number of hydrogen-bond donors (Lipinski definition) is 0. The molecule has 0 amide bonds. The molecule has 0 spiro atoms. The third kappa shape index (κ3) is 1.70. The van der Waals surface area contributed by atoms with Crippen LogP contribution in [0.15, 0.2) is 0 Å². The molecule has 1 fully saturated rings. The van der Waals surface area contributed by atoms with Crippen LogP contribution in [0.5, 0.6) is 0 Å². The maximum Gasteiger partial charge on any atom is 0.0703 e. The Hall–Kier alpha value is 0.0649. The van der Waals surface area contributed by atoms with Crippen molar-refractivity contribution in [3.8, 4) is 0 Å². The highest BCUT2D eigenvalue weighted by atomic mass is 14.4. The first-order chi connectivity index (χ1) is 5.57. The van der Waals surface area contributed by atoms with E-state index in [1.165, 1.54) is 12.8 Å². The molecule has 1 saturated carbocycles. The molecule has 4 atom stereocenters. The second-order valence-electron chi connectivity index (χ2n) is 4.74. The van der Waals surface area contributed by atoms with Gasteiger partial charge < -0.3 is 0 Å². The van der Waals surface area contributed by atoms with E-state index in [0.29, 0.717) is 5.82 Å². The predicted octanol–water partition coefficient (Wildman–Crippen LogP) is 3.28. The maximum absolute atomic E-state index is 6.07. The molecule has 0 heterocycles. The van der Waals surface area contributed by atoms with Gasteiger partial charge in [-0.25, -0.2) is 0 Å². The van der Waals surface area contributed by atoms with E-state index in [0.717, 1.165) is 23.7 Å². The van der Waals surface area contributed by atoms with Crippen molar-refractivity contribution in [3.05, 3.63) is 0 Å². The molecule has 1 aliphatic rings. The van der Waals surface area contributed by atoms with Crippen LogP contribution in [0, 0.1) is 23.7 Å². The van der Waals surface area contributed by atoms with Crippen molar-refractivity contribution in [3.63, 3.8) is 0 Å². The molecule has 1 aliphatic carbocycles. The summed E-state index contributed by atoms with van der Waals surface area (Å²) in [4.78, 5) is 0. The standard InChI is InChI=1S/C11H21B/c1-5-9-8(4)11(12)6-10(9)7(2)3/h7-11H,5-6H2,1-4H3. The van der Waals surface area contributed by atoms with Crippen LogP contribution in [0.1, 0.15) is 40.5 Å². The van der Waals surface area contributed by atoms with Crippen molar-refractivity contribution in [2.24, 2.45) is 23.7 Å². The minimum Gasteiger partial charge on any atom is -0.0743 e. The highest BCUT2D eigenvalue weighted by molar-refractivity contribution is 6.12. The summed E-state index contributed by atoms with van der Waals surface area (Å²) in [5, 5.41) is 0. The van der Waals surface area contributed by atoms with Crippen LogP contribution in [0.4, 0.5) is 0 Å². The molecule has 12 heavy (non-hydrogen) atoms. The minimum atomic E-state index is 0.461. The summed E-state index contributed by atoms with van der Waals surface area (Å²) >= 11 is 0. The summed E-state index contributed by atoms with van der Waals surface area (Å²) in [5.74, 6) is 3.76. The average Bonchev–Trinajstić information content (AvgIpc) is 2.29. The SMILES string of the molecule is [B]C1CC(C(C)C)C(CC)C1C. The topological polar surface area (TPSA) is 0 Å². The fraction of sp³-hybridized carbons (Fsp3) is 1.00. The van der Waals surface area contributed by atoms with Crippen LogP contribution in [-0.4, -0.2) is 7.85 Å². The van der Waals surface area contributed by atoms with Crippen LogP contribution >= 0.6 is 0 Å². The van der Waals surface area contributed by atoms with Gasteiger partial charge in [0.2, 0.25) is 0 Å². The Labute approximate surface area is 78.5 Å². The third-order valence-electron chi connectivity index (χ3n) is 3.77. The zero-order valence-electron chi connectivity index (χ0n) is 8.88. The lowest BCUT2D eigenvalue weighted by Gasteiger charge is -2.24. The van der Waals surface area contributed by atoms with E-state index in [4.69, 9.17) is 7.85 Å². The highest BCUT2D eigenvalue weighted by Crippen LogP contribution is 2.47. The monoisotopic (exact) mass is 164 g/mol. The van der Waals surface area contributed by atoms with Crippen LogP contribution in [-0.2, 0) is 0 Å². The van der Waals surface area contributed by atoms with Gasteiger partial charge in [0.15, 0.2) is 0 Å². The quantitative estimate of drug-likeness (QED) is 0.549. The van der Waals surface area contributed by atoms with Gasteiger partial charge in [0, 0.05) is 0 Å². The van der Waals surface area contributed by atoms with Gasteiger partial charge in [0.1, 0.15) is 0 Å². The van der Waals surface area contributed by atoms with Crippen LogP contribution in [0.3, 0.4) is 0 Å². The van der Waals surface area contributed by atoms with Gasteiger partial charge in [-0.1, -0.05) is 46.4 Å². The molecule has 1 heteroatoms. The third-order valence-corrected chi connectivity index (χ3v) is 3.77. The zero-order valence-corrected chi connectivity index (χ0v) is 8.88.